The molecule has 65 valence electrons. The normalized spacial score (nSPS) is 20.8. The smallest absolute Gasteiger partial charge is 0.267 e. The van der Waals surface area contributed by atoms with E-state index < -0.39 is 10.1 Å². The summed E-state index contributed by atoms with van der Waals surface area (Å²) in [7, 11) is -3.22. The van der Waals surface area contributed by atoms with Crippen LogP contribution in [0.5, 0.6) is 0 Å². The molecule has 1 radical (unpaired) electrons. The molecule has 4 heteroatoms. The lowest BCUT2D eigenvalue weighted by atomic mass is 10.3. The van der Waals surface area contributed by atoms with Gasteiger partial charge in [-0.1, -0.05) is 0 Å². The zero-order valence-corrected chi connectivity index (χ0v) is 7.43. The summed E-state index contributed by atoms with van der Waals surface area (Å²) in [6.45, 7) is 1.59. The molecule has 1 saturated carbocycles. The Balaban J connectivity index is 2.41. The van der Waals surface area contributed by atoms with E-state index in [0.29, 0.717) is 0 Å². The van der Waals surface area contributed by atoms with Gasteiger partial charge in [-0.2, -0.15) is 8.42 Å². The molecule has 0 aromatic carbocycles. The van der Waals surface area contributed by atoms with Crippen molar-refractivity contribution in [2.75, 3.05) is 5.75 Å². The minimum Gasteiger partial charge on any atom is -0.267 e. The number of hydrogen-bond acceptors (Lipinski definition) is 3. The quantitative estimate of drug-likeness (QED) is 0.606. The first-order valence-electron chi connectivity index (χ1n) is 3.86. The molecule has 0 spiro atoms. The molecule has 1 rings (SSSR count). The Kier molecular flexibility index (Phi) is 2.90. The van der Waals surface area contributed by atoms with Crippen LogP contribution in [0.1, 0.15) is 26.2 Å². The largest absolute Gasteiger partial charge is 0.267 e. The molecule has 0 amide bonds. The summed E-state index contributed by atoms with van der Waals surface area (Å²) < 4.78 is 26.7. The lowest BCUT2D eigenvalue weighted by Gasteiger charge is -2.08. The van der Waals surface area contributed by atoms with E-state index in [0.717, 1.165) is 19.3 Å². The van der Waals surface area contributed by atoms with E-state index in [1.54, 1.807) is 6.92 Å². The summed E-state index contributed by atoms with van der Waals surface area (Å²) in [5.74, 6) is 0.0729. The van der Waals surface area contributed by atoms with Gasteiger partial charge in [-0.05, 0) is 32.6 Å². The van der Waals surface area contributed by atoms with Crippen molar-refractivity contribution in [1.29, 1.82) is 0 Å². The lowest BCUT2D eigenvalue weighted by molar-refractivity contribution is 0.220. The predicted molar refractivity (Wildman–Crippen MR) is 42.5 cm³/mol. The summed E-state index contributed by atoms with van der Waals surface area (Å²) in [5, 5.41) is 0. The Hall–Kier alpha value is -0.0900. The van der Waals surface area contributed by atoms with Gasteiger partial charge < -0.3 is 0 Å². The van der Waals surface area contributed by atoms with Gasteiger partial charge in [0, 0.05) is 0 Å². The van der Waals surface area contributed by atoms with Crippen LogP contribution in [-0.4, -0.2) is 20.3 Å². The molecule has 1 atom stereocenters. The lowest BCUT2D eigenvalue weighted by Crippen LogP contribution is -2.16. The third-order valence-electron chi connectivity index (χ3n) is 1.76. The van der Waals surface area contributed by atoms with E-state index >= 15 is 0 Å². The molecule has 0 saturated heterocycles. The van der Waals surface area contributed by atoms with Gasteiger partial charge in [0.25, 0.3) is 10.1 Å². The van der Waals surface area contributed by atoms with E-state index in [1.165, 1.54) is 0 Å². The van der Waals surface area contributed by atoms with E-state index in [1.807, 2.05) is 0 Å². The molecular formula is C7H13O3S. The Morgan fingerprint density at radius 3 is 2.82 bits per heavy atom. The molecular weight excluding hydrogens is 164 g/mol. The van der Waals surface area contributed by atoms with Crippen molar-refractivity contribution in [3.63, 3.8) is 0 Å². The summed E-state index contributed by atoms with van der Waals surface area (Å²) in [6, 6.07) is 0. The van der Waals surface area contributed by atoms with Crippen molar-refractivity contribution in [3.8, 4) is 0 Å². The minimum atomic E-state index is -3.22. The second-order valence-corrected chi connectivity index (χ2v) is 4.55. The Morgan fingerprint density at radius 2 is 2.36 bits per heavy atom. The molecule has 1 aliphatic carbocycles. The van der Waals surface area contributed by atoms with Crippen LogP contribution in [0, 0.1) is 6.42 Å². The number of hydrogen-bond donors (Lipinski definition) is 0. The van der Waals surface area contributed by atoms with Crippen molar-refractivity contribution >= 4 is 10.1 Å². The standard InChI is InChI=1S/C7H13O3S/c1-2-11(8,9)10-7-5-3-4-6-7/h3,7H,2,4-6H2,1H3. The molecule has 0 N–H and O–H groups in total. The summed E-state index contributed by atoms with van der Waals surface area (Å²) >= 11 is 0. The molecule has 3 nitrogen and oxygen atoms in total. The first-order chi connectivity index (χ1) is 5.14. The first kappa shape index (κ1) is 9.00. The van der Waals surface area contributed by atoms with Crippen LogP contribution in [0.4, 0.5) is 0 Å². The van der Waals surface area contributed by atoms with E-state index in [2.05, 4.69) is 6.42 Å². The third-order valence-corrected chi connectivity index (χ3v) is 3.03. The Labute approximate surface area is 67.9 Å². The maximum absolute atomic E-state index is 10.9. The molecule has 0 aliphatic heterocycles. The zero-order valence-electron chi connectivity index (χ0n) is 6.62. The van der Waals surface area contributed by atoms with Gasteiger partial charge in [-0.25, -0.2) is 0 Å². The van der Waals surface area contributed by atoms with Crippen LogP contribution >= 0.6 is 0 Å². The highest BCUT2D eigenvalue weighted by molar-refractivity contribution is 7.86. The summed E-state index contributed by atoms with van der Waals surface area (Å²) in [6.07, 6.45) is 4.58. The molecule has 0 bridgehead atoms. The number of rotatable bonds is 3. The molecule has 1 unspecified atom stereocenters. The maximum atomic E-state index is 10.9. The predicted octanol–water partition coefficient (Wildman–Crippen LogP) is 1.11. The molecule has 1 aliphatic rings. The van der Waals surface area contributed by atoms with Gasteiger partial charge in [0.2, 0.25) is 0 Å². The topological polar surface area (TPSA) is 43.4 Å². The van der Waals surface area contributed by atoms with Crippen molar-refractivity contribution in [3.05, 3.63) is 6.42 Å². The van der Waals surface area contributed by atoms with Crippen molar-refractivity contribution in [1.82, 2.24) is 0 Å². The van der Waals surface area contributed by atoms with Crippen molar-refractivity contribution < 1.29 is 12.6 Å². The average molecular weight is 177 g/mol. The second-order valence-electron chi connectivity index (χ2n) is 2.67. The highest BCUT2D eigenvalue weighted by Gasteiger charge is 2.21. The summed E-state index contributed by atoms with van der Waals surface area (Å²) in [5.41, 5.74) is 0. The van der Waals surface area contributed by atoms with Crippen LogP contribution in [-0.2, 0) is 14.3 Å². The van der Waals surface area contributed by atoms with Crippen LogP contribution in [0.15, 0.2) is 0 Å². The Bertz CT molecular complexity index is 202. The SMILES string of the molecule is CCS(=O)(=O)OC1C[CH]CC1. The van der Waals surface area contributed by atoms with Crippen LogP contribution in [0.2, 0.25) is 0 Å². The summed E-state index contributed by atoms with van der Waals surface area (Å²) in [4.78, 5) is 0. The van der Waals surface area contributed by atoms with Gasteiger partial charge in [0.05, 0.1) is 11.9 Å². The van der Waals surface area contributed by atoms with Crippen LogP contribution < -0.4 is 0 Å². The zero-order chi connectivity index (χ0) is 8.32. The molecule has 1 fully saturated rings. The fourth-order valence-corrected chi connectivity index (χ4v) is 1.81. The van der Waals surface area contributed by atoms with Gasteiger partial charge in [-0.15, -0.1) is 0 Å². The molecule has 0 aromatic heterocycles. The second kappa shape index (κ2) is 3.54. The fourth-order valence-electron chi connectivity index (χ4n) is 1.09. The first-order valence-corrected chi connectivity index (χ1v) is 5.44. The van der Waals surface area contributed by atoms with Crippen molar-refractivity contribution in [2.45, 2.75) is 32.3 Å². The van der Waals surface area contributed by atoms with Crippen LogP contribution in [0.3, 0.4) is 0 Å². The fraction of sp³-hybridized carbons (Fsp3) is 0.857. The molecule has 11 heavy (non-hydrogen) atoms. The highest BCUT2D eigenvalue weighted by atomic mass is 32.2. The van der Waals surface area contributed by atoms with Crippen LogP contribution in [0.25, 0.3) is 0 Å². The van der Waals surface area contributed by atoms with Gasteiger partial charge in [0.15, 0.2) is 0 Å². The van der Waals surface area contributed by atoms with Gasteiger partial charge in [0.1, 0.15) is 0 Å². The molecule has 0 heterocycles. The third kappa shape index (κ3) is 2.79. The molecule has 0 aromatic rings. The van der Waals surface area contributed by atoms with Crippen molar-refractivity contribution in [2.24, 2.45) is 0 Å². The Morgan fingerprint density at radius 1 is 1.64 bits per heavy atom. The van der Waals surface area contributed by atoms with E-state index in [-0.39, 0.29) is 11.9 Å². The van der Waals surface area contributed by atoms with Gasteiger partial charge in [-0.3, -0.25) is 4.18 Å². The highest BCUT2D eigenvalue weighted by Crippen LogP contribution is 2.21. The van der Waals surface area contributed by atoms with Gasteiger partial charge >= 0.3 is 0 Å². The average Bonchev–Trinajstić information content (AvgIpc) is 2.39. The van der Waals surface area contributed by atoms with E-state index in [9.17, 15) is 8.42 Å². The minimum absolute atomic E-state index is 0.0729. The van der Waals surface area contributed by atoms with E-state index in [4.69, 9.17) is 4.18 Å². The monoisotopic (exact) mass is 177 g/mol. The maximum Gasteiger partial charge on any atom is 0.267 e.